The summed E-state index contributed by atoms with van der Waals surface area (Å²) in [6.07, 6.45) is 6.89. The quantitative estimate of drug-likeness (QED) is 0.822. The summed E-state index contributed by atoms with van der Waals surface area (Å²) in [7, 11) is 0. The van der Waals surface area contributed by atoms with Crippen LogP contribution >= 0.6 is 11.3 Å². The van der Waals surface area contributed by atoms with Crippen LogP contribution in [0.1, 0.15) is 48.2 Å². The number of rotatable bonds is 2. The molecule has 0 spiro atoms. The first-order valence-electron chi connectivity index (χ1n) is 7.43. The molecule has 0 saturated heterocycles. The second-order valence-corrected chi connectivity index (χ2v) is 6.70. The molecule has 3 N–H and O–H groups in total. The van der Waals surface area contributed by atoms with Gasteiger partial charge in [-0.15, -0.1) is 11.3 Å². The average molecular weight is 306 g/mol. The number of hydrogen-bond donors (Lipinski definition) is 2. The molecule has 3 nitrogen and oxygen atoms in total. The van der Waals surface area contributed by atoms with Crippen molar-refractivity contribution in [2.45, 2.75) is 44.6 Å². The van der Waals surface area contributed by atoms with Gasteiger partial charge in [0.1, 0.15) is 10.7 Å². The van der Waals surface area contributed by atoms with E-state index in [1.165, 1.54) is 36.3 Å². The van der Waals surface area contributed by atoms with Crippen LogP contribution in [0.5, 0.6) is 0 Å². The van der Waals surface area contributed by atoms with Crippen molar-refractivity contribution in [3.63, 3.8) is 0 Å². The molecule has 1 aliphatic rings. The molecule has 1 heterocycles. The normalized spacial score (nSPS) is 16.8. The van der Waals surface area contributed by atoms with Gasteiger partial charge in [-0.1, -0.05) is 25.7 Å². The van der Waals surface area contributed by atoms with Gasteiger partial charge in [0.2, 0.25) is 0 Å². The first-order chi connectivity index (χ1) is 10.1. The molecule has 1 saturated carbocycles. The van der Waals surface area contributed by atoms with E-state index in [2.05, 4.69) is 5.32 Å². The topological polar surface area (TPSA) is 55.1 Å². The molecule has 0 atom stereocenters. The fraction of sp³-hybridized carbons (Fsp3) is 0.438. The molecule has 1 fully saturated rings. The van der Waals surface area contributed by atoms with E-state index in [1.807, 2.05) is 0 Å². The van der Waals surface area contributed by atoms with Crippen LogP contribution in [0.3, 0.4) is 0 Å². The van der Waals surface area contributed by atoms with E-state index in [-0.39, 0.29) is 17.8 Å². The summed E-state index contributed by atoms with van der Waals surface area (Å²) in [5.74, 6) is -0.455. The minimum atomic E-state index is -0.331. The fourth-order valence-corrected chi connectivity index (χ4v) is 3.94. The van der Waals surface area contributed by atoms with Crippen molar-refractivity contribution in [3.05, 3.63) is 28.9 Å². The number of halogens is 1. The van der Waals surface area contributed by atoms with Gasteiger partial charge in [-0.05, 0) is 31.0 Å². The summed E-state index contributed by atoms with van der Waals surface area (Å²) in [5, 5.41) is 3.72. The number of nitrogens with one attached hydrogen (secondary N) is 1. The third-order valence-corrected chi connectivity index (χ3v) is 5.27. The maximum atomic E-state index is 13.3. The minimum absolute atomic E-state index is 0.124. The lowest BCUT2D eigenvalue weighted by Gasteiger charge is -2.15. The van der Waals surface area contributed by atoms with Crippen molar-refractivity contribution in [3.8, 4) is 0 Å². The number of benzene rings is 1. The molecule has 0 aliphatic heterocycles. The van der Waals surface area contributed by atoms with E-state index in [4.69, 9.17) is 5.73 Å². The van der Waals surface area contributed by atoms with Crippen LogP contribution in [-0.4, -0.2) is 11.9 Å². The number of nitrogen functional groups attached to an aromatic ring is 1. The van der Waals surface area contributed by atoms with E-state index in [0.717, 1.165) is 30.4 Å². The minimum Gasteiger partial charge on any atom is -0.397 e. The number of fused-ring (bicyclic) bond motifs is 1. The molecule has 2 aromatic rings. The third-order valence-electron chi connectivity index (χ3n) is 4.09. The van der Waals surface area contributed by atoms with Crippen LogP contribution in [-0.2, 0) is 0 Å². The lowest BCUT2D eigenvalue weighted by molar-refractivity contribution is 0.0938. The summed E-state index contributed by atoms with van der Waals surface area (Å²) in [6, 6.07) is 4.70. The van der Waals surface area contributed by atoms with Gasteiger partial charge in [0.25, 0.3) is 5.91 Å². The van der Waals surface area contributed by atoms with E-state index in [9.17, 15) is 9.18 Å². The molecule has 112 valence electrons. The molecule has 0 unspecified atom stereocenters. The number of carbonyl (C=O) groups excluding carboxylic acids is 1. The van der Waals surface area contributed by atoms with Gasteiger partial charge in [-0.25, -0.2) is 4.39 Å². The molecule has 1 aromatic carbocycles. The zero-order chi connectivity index (χ0) is 14.8. The van der Waals surface area contributed by atoms with Gasteiger partial charge in [0, 0.05) is 16.1 Å². The molecule has 0 bridgehead atoms. The standard InChI is InChI=1S/C16H19FN2OS/c17-10-7-8-13-12(9-10)14(18)15(21-13)16(20)19-11-5-3-1-2-4-6-11/h7-9,11H,1-6,18H2,(H,19,20). The third kappa shape index (κ3) is 3.02. The molecule has 0 radical (unpaired) electrons. The molecule has 1 aromatic heterocycles. The Morgan fingerprint density at radius 1 is 1.24 bits per heavy atom. The van der Waals surface area contributed by atoms with Gasteiger partial charge < -0.3 is 11.1 Å². The van der Waals surface area contributed by atoms with Gasteiger partial charge in [-0.2, -0.15) is 0 Å². The first-order valence-corrected chi connectivity index (χ1v) is 8.25. The maximum Gasteiger partial charge on any atom is 0.263 e. The number of amides is 1. The summed E-state index contributed by atoms with van der Waals surface area (Å²) < 4.78 is 14.1. The SMILES string of the molecule is Nc1c(C(=O)NC2CCCCCC2)sc2ccc(F)cc12. The molecule has 3 rings (SSSR count). The number of nitrogens with two attached hydrogens (primary N) is 1. The van der Waals surface area contributed by atoms with Gasteiger partial charge in [0.05, 0.1) is 5.69 Å². The lowest BCUT2D eigenvalue weighted by atomic mass is 10.1. The summed E-state index contributed by atoms with van der Waals surface area (Å²) in [6.45, 7) is 0. The van der Waals surface area contributed by atoms with Gasteiger partial charge in [0.15, 0.2) is 0 Å². The molecule has 1 amide bonds. The Labute approximate surface area is 127 Å². The number of thiophene rings is 1. The highest BCUT2D eigenvalue weighted by atomic mass is 32.1. The number of anilines is 1. The van der Waals surface area contributed by atoms with Crippen molar-refractivity contribution in [2.75, 3.05) is 5.73 Å². The van der Waals surface area contributed by atoms with Crippen LogP contribution < -0.4 is 11.1 Å². The molecular weight excluding hydrogens is 287 g/mol. The van der Waals surface area contributed by atoms with Gasteiger partial charge >= 0.3 is 0 Å². The highest BCUT2D eigenvalue weighted by molar-refractivity contribution is 7.21. The summed E-state index contributed by atoms with van der Waals surface area (Å²) in [5.41, 5.74) is 6.42. The Morgan fingerprint density at radius 2 is 1.95 bits per heavy atom. The monoisotopic (exact) mass is 306 g/mol. The predicted molar refractivity (Wildman–Crippen MR) is 85.2 cm³/mol. The number of hydrogen-bond acceptors (Lipinski definition) is 3. The smallest absolute Gasteiger partial charge is 0.263 e. The lowest BCUT2D eigenvalue weighted by Crippen LogP contribution is -2.34. The van der Waals surface area contributed by atoms with Crippen molar-refractivity contribution in [1.29, 1.82) is 0 Å². The van der Waals surface area contributed by atoms with Crippen molar-refractivity contribution in [1.82, 2.24) is 5.32 Å². The molecule has 1 aliphatic carbocycles. The second kappa shape index (κ2) is 6.02. The zero-order valence-corrected chi connectivity index (χ0v) is 12.6. The van der Waals surface area contributed by atoms with Crippen LogP contribution in [0.2, 0.25) is 0 Å². The molecule has 5 heteroatoms. The van der Waals surface area contributed by atoms with E-state index in [1.54, 1.807) is 6.07 Å². The highest BCUT2D eigenvalue weighted by Gasteiger charge is 2.20. The van der Waals surface area contributed by atoms with Crippen LogP contribution in [0.4, 0.5) is 10.1 Å². The van der Waals surface area contributed by atoms with Crippen LogP contribution in [0, 0.1) is 5.82 Å². The Balaban J connectivity index is 1.82. The van der Waals surface area contributed by atoms with Crippen molar-refractivity contribution in [2.24, 2.45) is 0 Å². The maximum absolute atomic E-state index is 13.3. The summed E-state index contributed by atoms with van der Waals surface area (Å²) in [4.78, 5) is 12.9. The second-order valence-electron chi connectivity index (χ2n) is 5.65. The van der Waals surface area contributed by atoms with Crippen LogP contribution in [0.15, 0.2) is 18.2 Å². The number of carbonyl (C=O) groups is 1. The average Bonchev–Trinajstić information content (AvgIpc) is 2.65. The van der Waals surface area contributed by atoms with Crippen LogP contribution in [0.25, 0.3) is 10.1 Å². The zero-order valence-electron chi connectivity index (χ0n) is 11.8. The Hall–Kier alpha value is -1.62. The Morgan fingerprint density at radius 3 is 2.67 bits per heavy atom. The van der Waals surface area contributed by atoms with E-state index in [0.29, 0.717) is 16.0 Å². The Kier molecular flexibility index (Phi) is 4.10. The largest absolute Gasteiger partial charge is 0.397 e. The van der Waals surface area contributed by atoms with E-state index < -0.39 is 0 Å². The molecular formula is C16H19FN2OS. The fourth-order valence-electron chi connectivity index (χ4n) is 2.93. The van der Waals surface area contributed by atoms with Crippen molar-refractivity contribution >= 4 is 33.0 Å². The van der Waals surface area contributed by atoms with Crippen molar-refractivity contribution < 1.29 is 9.18 Å². The first kappa shape index (κ1) is 14.3. The highest BCUT2D eigenvalue weighted by Crippen LogP contribution is 2.34. The van der Waals surface area contributed by atoms with Gasteiger partial charge in [-0.3, -0.25) is 4.79 Å². The Bertz CT molecular complexity index is 660. The predicted octanol–water partition coefficient (Wildman–Crippen LogP) is 4.08. The summed E-state index contributed by atoms with van der Waals surface area (Å²) >= 11 is 1.33. The van der Waals surface area contributed by atoms with E-state index >= 15 is 0 Å². The molecule has 21 heavy (non-hydrogen) atoms.